The summed E-state index contributed by atoms with van der Waals surface area (Å²) in [4.78, 5) is 17.4. The van der Waals surface area contributed by atoms with E-state index in [-0.39, 0.29) is 11.8 Å². The molecule has 122 valence electrons. The SMILES string of the molecule is Cn1nnc2c1C(COCC1CC1)CN(C(=O)c1cc[nH]c1)C2. The highest BCUT2D eigenvalue weighted by atomic mass is 16.5. The Morgan fingerprint density at radius 1 is 1.43 bits per heavy atom. The minimum Gasteiger partial charge on any atom is -0.380 e. The largest absolute Gasteiger partial charge is 0.380 e. The molecule has 2 aliphatic rings. The van der Waals surface area contributed by atoms with Crippen LogP contribution < -0.4 is 0 Å². The summed E-state index contributed by atoms with van der Waals surface area (Å²) in [5.41, 5.74) is 2.65. The summed E-state index contributed by atoms with van der Waals surface area (Å²) in [5.74, 6) is 0.885. The van der Waals surface area contributed by atoms with E-state index in [1.54, 1.807) is 18.5 Å². The van der Waals surface area contributed by atoms with Gasteiger partial charge in [0.05, 0.1) is 24.4 Å². The second-order valence-corrected chi connectivity index (χ2v) is 6.51. The van der Waals surface area contributed by atoms with Crippen molar-refractivity contribution in [3.8, 4) is 0 Å². The Morgan fingerprint density at radius 3 is 3.04 bits per heavy atom. The molecule has 0 saturated heterocycles. The number of carbonyl (C=O) groups is 1. The van der Waals surface area contributed by atoms with Gasteiger partial charge in [0.2, 0.25) is 0 Å². The molecule has 4 rings (SSSR count). The monoisotopic (exact) mass is 315 g/mol. The Hall–Kier alpha value is -2.15. The second kappa shape index (κ2) is 5.81. The number of rotatable bonds is 5. The lowest BCUT2D eigenvalue weighted by atomic mass is 9.98. The maximum Gasteiger partial charge on any atom is 0.255 e. The van der Waals surface area contributed by atoms with Crippen LogP contribution in [0.1, 0.15) is 40.5 Å². The number of aromatic nitrogens is 4. The molecule has 1 unspecified atom stereocenters. The van der Waals surface area contributed by atoms with Gasteiger partial charge in [-0.1, -0.05) is 5.21 Å². The number of nitrogens with zero attached hydrogens (tertiary/aromatic N) is 4. The number of carbonyl (C=O) groups excluding carboxylic acids is 1. The normalized spacial score (nSPS) is 20.6. The van der Waals surface area contributed by atoms with Crippen LogP contribution in [0.25, 0.3) is 0 Å². The first-order valence-electron chi connectivity index (χ1n) is 8.10. The Labute approximate surface area is 134 Å². The van der Waals surface area contributed by atoms with Crippen LogP contribution in [0.15, 0.2) is 18.5 Å². The molecule has 1 saturated carbocycles. The molecule has 1 aliphatic carbocycles. The fraction of sp³-hybridized carbons (Fsp3) is 0.562. The van der Waals surface area contributed by atoms with Crippen LogP contribution in [0, 0.1) is 5.92 Å². The van der Waals surface area contributed by atoms with Crippen molar-refractivity contribution in [2.75, 3.05) is 19.8 Å². The molecule has 7 heteroatoms. The molecule has 2 aromatic rings. The van der Waals surface area contributed by atoms with Crippen LogP contribution in [0.5, 0.6) is 0 Å². The van der Waals surface area contributed by atoms with E-state index in [9.17, 15) is 4.79 Å². The van der Waals surface area contributed by atoms with Crippen LogP contribution in [0.2, 0.25) is 0 Å². The van der Waals surface area contributed by atoms with Gasteiger partial charge in [-0.3, -0.25) is 9.48 Å². The van der Waals surface area contributed by atoms with Gasteiger partial charge < -0.3 is 14.6 Å². The number of fused-ring (bicyclic) bond motifs is 1. The van der Waals surface area contributed by atoms with E-state index in [0.717, 1.165) is 23.9 Å². The van der Waals surface area contributed by atoms with Gasteiger partial charge in [0.15, 0.2) is 0 Å². The number of hydrogen-bond acceptors (Lipinski definition) is 4. The van der Waals surface area contributed by atoms with Crippen molar-refractivity contribution >= 4 is 5.91 Å². The summed E-state index contributed by atoms with van der Waals surface area (Å²) in [5, 5.41) is 8.36. The zero-order valence-corrected chi connectivity index (χ0v) is 13.2. The molecule has 0 aromatic carbocycles. The summed E-state index contributed by atoms with van der Waals surface area (Å²) < 4.78 is 7.70. The van der Waals surface area contributed by atoms with Crippen molar-refractivity contribution in [1.29, 1.82) is 0 Å². The maximum absolute atomic E-state index is 12.6. The summed E-state index contributed by atoms with van der Waals surface area (Å²) in [7, 11) is 1.91. The van der Waals surface area contributed by atoms with Crippen LogP contribution in [-0.4, -0.2) is 50.5 Å². The molecule has 7 nitrogen and oxygen atoms in total. The average molecular weight is 315 g/mol. The zero-order valence-electron chi connectivity index (χ0n) is 13.2. The highest BCUT2D eigenvalue weighted by molar-refractivity contribution is 5.94. The molecule has 3 heterocycles. The fourth-order valence-corrected chi connectivity index (χ4v) is 3.20. The Kier molecular flexibility index (Phi) is 3.65. The highest BCUT2D eigenvalue weighted by Gasteiger charge is 2.33. The van der Waals surface area contributed by atoms with Crippen molar-refractivity contribution < 1.29 is 9.53 Å². The summed E-state index contributed by atoms with van der Waals surface area (Å²) in [6.07, 6.45) is 6.05. The smallest absolute Gasteiger partial charge is 0.255 e. The minimum atomic E-state index is 0.0229. The number of H-pyrrole nitrogens is 1. The van der Waals surface area contributed by atoms with Crippen molar-refractivity contribution in [2.24, 2.45) is 13.0 Å². The molecule has 1 fully saturated rings. The van der Waals surface area contributed by atoms with Crippen molar-refractivity contribution in [3.63, 3.8) is 0 Å². The van der Waals surface area contributed by atoms with E-state index in [4.69, 9.17) is 4.74 Å². The number of hydrogen-bond donors (Lipinski definition) is 1. The standard InChI is InChI=1S/C16H21N5O2/c1-20-15-13(10-23-9-11-2-3-11)7-21(8-14(15)18-19-20)16(22)12-4-5-17-6-12/h4-6,11,13,17H,2-3,7-10H2,1H3. The molecule has 1 N–H and O–H groups in total. The molecular formula is C16H21N5O2. The van der Waals surface area contributed by atoms with Crippen molar-refractivity contribution in [1.82, 2.24) is 24.9 Å². The predicted octanol–water partition coefficient (Wildman–Crippen LogP) is 1.31. The molecule has 0 spiro atoms. The molecule has 1 atom stereocenters. The lowest BCUT2D eigenvalue weighted by molar-refractivity contribution is 0.0618. The van der Waals surface area contributed by atoms with Gasteiger partial charge in [-0.15, -0.1) is 5.10 Å². The van der Waals surface area contributed by atoms with Gasteiger partial charge >= 0.3 is 0 Å². The van der Waals surface area contributed by atoms with E-state index >= 15 is 0 Å². The zero-order chi connectivity index (χ0) is 15.8. The Balaban J connectivity index is 1.51. The van der Waals surface area contributed by atoms with E-state index < -0.39 is 0 Å². The number of aromatic amines is 1. The quantitative estimate of drug-likeness (QED) is 0.902. The van der Waals surface area contributed by atoms with Gasteiger partial charge in [-0.25, -0.2) is 0 Å². The van der Waals surface area contributed by atoms with Crippen LogP contribution in [0.3, 0.4) is 0 Å². The molecule has 2 aromatic heterocycles. The van der Waals surface area contributed by atoms with E-state index in [2.05, 4.69) is 15.3 Å². The topological polar surface area (TPSA) is 76.0 Å². The number of ether oxygens (including phenoxy) is 1. The lowest BCUT2D eigenvalue weighted by Crippen LogP contribution is -2.40. The first-order valence-corrected chi connectivity index (χ1v) is 8.10. The van der Waals surface area contributed by atoms with Gasteiger partial charge in [-0.2, -0.15) is 0 Å². The average Bonchev–Trinajstić information content (AvgIpc) is 3.07. The Bertz CT molecular complexity index is 689. The maximum atomic E-state index is 12.6. The van der Waals surface area contributed by atoms with Crippen molar-refractivity contribution in [3.05, 3.63) is 35.4 Å². The van der Waals surface area contributed by atoms with E-state index in [1.807, 2.05) is 16.6 Å². The summed E-state index contributed by atoms with van der Waals surface area (Å²) >= 11 is 0. The molecule has 1 amide bonds. The highest BCUT2D eigenvalue weighted by Crippen LogP contribution is 2.31. The Morgan fingerprint density at radius 2 is 2.30 bits per heavy atom. The number of aryl methyl sites for hydroxylation is 1. The van der Waals surface area contributed by atoms with Crippen molar-refractivity contribution in [2.45, 2.75) is 25.3 Å². The predicted molar refractivity (Wildman–Crippen MR) is 82.8 cm³/mol. The molecule has 0 radical (unpaired) electrons. The second-order valence-electron chi connectivity index (χ2n) is 6.51. The summed E-state index contributed by atoms with van der Waals surface area (Å²) in [6.45, 7) is 2.58. The first kappa shape index (κ1) is 14.4. The molecular weight excluding hydrogens is 294 g/mol. The third kappa shape index (κ3) is 2.88. The molecule has 23 heavy (non-hydrogen) atoms. The van der Waals surface area contributed by atoms with Gasteiger partial charge in [-0.05, 0) is 24.8 Å². The van der Waals surface area contributed by atoms with Crippen LogP contribution in [0.4, 0.5) is 0 Å². The fourth-order valence-electron chi connectivity index (χ4n) is 3.20. The van der Waals surface area contributed by atoms with Gasteiger partial charge in [0.1, 0.15) is 5.69 Å². The molecule has 0 bridgehead atoms. The van der Waals surface area contributed by atoms with Crippen LogP contribution in [-0.2, 0) is 18.3 Å². The first-order chi connectivity index (χ1) is 11.2. The van der Waals surface area contributed by atoms with Gasteiger partial charge in [0.25, 0.3) is 5.91 Å². The third-order valence-corrected chi connectivity index (χ3v) is 4.61. The van der Waals surface area contributed by atoms with Gasteiger partial charge in [0, 0.05) is 38.5 Å². The summed E-state index contributed by atoms with van der Waals surface area (Å²) in [6, 6.07) is 1.80. The lowest BCUT2D eigenvalue weighted by Gasteiger charge is -2.32. The van der Waals surface area contributed by atoms with Crippen LogP contribution >= 0.6 is 0 Å². The molecule has 1 aliphatic heterocycles. The number of nitrogens with one attached hydrogen (secondary N) is 1. The number of amides is 1. The minimum absolute atomic E-state index is 0.0229. The third-order valence-electron chi connectivity index (χ3n) is 4.61. The van der Waals surface area contributed by atoms with E-state index in [0.29, 0.717) is 25.3 Å². The van der Waals surface area contributed by atoms with E-state index in [1.165, 1.54) is 12.8 Å².